The molecule has 0 spiro atoms. The van der Waals surface area contributed by atoms with Crippen LogP contribution in [-0.2, 0) is 0 Å². The number of pyridine rings is 1. The van der Waals surface area contributed by atoms with E-state index in [1.54, 1.807) is 0 Å². The van der Waals surface area contributed by atoms with Crippen molar-refractivity contribution >= 4 is 11.7 Å². The molecule has 0 atom stereocenters. The fraction of sp³-hybridized carbons (Fsp3) is 0. The fourth-order valence-corrected chi connectivity index (χ4v) is 1.51. The van der Waals surface area contributed by atoms with Gasteiger partial charge >= 0.3 is 11.7 Å². The Labute approximate surface area is 118 Å². The molecule has 0 bridgehead atoms. The van der Waals surface area contributed by atoms with Crippen LogP contribution in [0.4, 0.5) is 5.69 Å². The highest BCUT2D eigenvalue weighted by Gasteiger charge is 2.18. The van der Waals surface area contributed by atoms with Gasteiger partial charge in [-0.15, -0.1) is 0 Å². The van der Waals surface area contributed by atoms with Crippen LogP contribution in [0.2, 0.25) is 0 Å². The van der Waals surface area contributed by atoms with E-state index in [0.29, 0.717) is 0 Å². The van der Waals surface area contributed by atoms with Crippen molar-refractivity contribution in [1.29, 1.82) is 5.26 Å². The highest BCUT2D eigenvalue weighted by atomic mass is 16.6. The number of hydrogen-bond acceptors (Lipinski definition) is 6. The SMILES string of the molecule is N#Cc1ccc(Oc2cc(C(=O)O)ccc2[N+](=O)[O-])cn1. The van der Waals surface area contributed by atoms with Crippen LogP contribution >= 0.6 is 0 Å². The van der Waals surface area contributed by atoms with Crippen LogP contribution in [0.3, 0.4) is 0 Å². The van der Waals surface area contributed by atoms with Gasteiger partial charge in [0.05, 0.1) is 16.7 Å². The van der Waals surface area contributed by atoms with Crippen molar-refractivity contribution in [3.8, 4) is 17.6 Å². The van der Waals surface area contributed by atoms with Crippen LogP contribution < -0.4 is 4.74 Å². The zero-order valence-electron chi connectivity index (χ0n) is 10.4. The third-order valence-electron chi connectivity index (χ3n) is 2.48. The number of carbonyl (C=O) groups is 1. The van der Waals surface area contributed by atoms with Crippen LogP contribution in [-0.4, -0.2) is 21.0 Å². The molecule has 8 nitrogen and oxygen atoms in total. The van der Waals surface area contributed by atoms with Crippen molar-refractivity contribution in [1.82, 2.24) is 4.98 Å². The Kier molecular flexibility index (Phi) is 3.76. The van der Waals surface area contributed by atoms with E-state index in [1.165, 1.54) is 18.3 Å². The van der Waals surface area contributed by atoms with Gasteiger partial charge in [0.15, 0.2) is 0 Å². The van der Waals surface area contributed by atoms with Crippen molar-refractivity contribution in [3.63, 3.8) is 0 Å². The predicted octanol–water partition coefficient (Wildman–Crippen LogP) is 2.35. The second kappa shape index (κ2) is 5.66. The molecular formula is C13H7N3O5. The summed E-state index contributed by atoms with van der Waals surface area (Å²) in [5.74, 6) is -1.29. The lowest BCUT2D eigenvalue weighted by molar-refractivity contribution is -0.385. The second-order valence-electron chi connectivity index (χ2n) is 3.84. The molecule has 0 amide bonds. The maximum atomic E-state index is 10.9. The zero-order valence-corrected chi connectivity index (χ0v) is 10.4. The van der Waals surface area contributed by atoms with E-state index in [4.69, 9.17) is 15.1 Å². The summed E-state index contributed by atoms with van der Waals surface area (Å²) in [6, 6.07) is 7.82. The predicted molar refractivity (Wildman–Crippen MR) is 69.1 cm³/mol. The molecule has 0 aliphatic heterocycles. The number of carboxylic acids is 1. The normalized spacial score (nSPS) is 9.67. The summed E-state index contributed by atoms with van der Waals surface area (Å²) in [6.07, 6.45) is 1.22. The Morgan fingerprint density at radius 3 is 2.67 bits per heavy atom. The fourth-order valence-electron chi connectivity index (χ4n) is 1.51. The van der Waals surface area contributed by atoms with Crippen molar-refractivity contribution in [3.05, 3.63) is 57.9 Å². The summed E-state index contributed by atoms with van der Waals surface area (Å²) in [4.78, 5) is 24.9. The van der Waals surface area contributed by atoms with Gasteiger partial charge in [-0.1, -0.05) is 0 Å². The molecule has 0 aliphatic rings. The quantitative estimate of drug-likeness (QED) is 0.674. The first kappa shape index (κ1) is 14.0. The summed E-state index contributed by atoms with van der Waals surface area (Å²) in [5, 5.41) is 28.4. The van der Waals surface area contributed by atoms with E-state index in [-0.39, 0.29) is 28.4 Å². The van der Waals surface area contributed by atoms with Gasteiger partial charge in [-0.2, -0.15) is 5.26 Å². The van der Waals surface area contributed by atoms with Crippen LogP contribution in [0.15, 0.2) is 36.5 Å². The average molecular weight is 285 g/mol. The van der Waals surface area contributed by atoms with Gasteiger partial charge in [0, 0.05) is 12.1 Å². The van der Waals surface area contributed by atoms with E-state index < -0.39 is 10.9 Å². The molecular weight excluding hydrogens is 278 g/mol. The van der Waals surface area contributed by atoms with Gasteiger partial charge < -0.3 is 9.84 Å². The Morgan fingerprint density at radius 2 is 2.14 bits per heavy atom. The average Bonchev–Trinajstić information content (AvgIpc) is 2.47. The maximum Gasteiger partial charge on any atom is 0.335 e. The Balaban J connectivity index is 2.40. The summed E-state index contributed by atoms with van der Waals surface area (Å²) < 4.78 is 5.28. The molecule has 1 N–H and O–H groups in total. The molecule has 21 heavy (non-hydrogen) atoms. The summed E-state index contributed by atoms with van der Waals surface area (Å²) in [5.41, 5.74) is -0.349. The molecule has 0 saturated carbocycles. The summed E-state index contributed by atoms with van der Waals surface area (Å²) >= 11 is 0. The molecule has 0 fully saturated rings. The van der Waals surface area contributed by atoms with Crippen LogP contribution in [0, 0.1) is 21.4 Å². The number of aromatic nitrogens is 1. The third-order valence-corrected chi connectivity index (χ3v) is 2.48. The Bertz CT molecular complexity index is 749. The number of nitro benzene ring substituents is 1. The molecule has 1 heterocycles. The smallest absolute Gasteiger partial charge is 0.335 e. The maximum absolute atomic E-state index is 10.9. The summed E-state index contributed by atoms with van der Waals surface area (Å²) in [6.45, 7) is 0. The van der Waals surface area contributed by atoms with Gasteiger partial charge in [0.25, 0.3) is 0 Å². The molecule has 8 heteroatoms. The first-order valence-corrected chi connectivity index (χ1v) is 5.57. The monoisotopic (exact) mass is 285 g/mol. The van der Waals surface area contributed by atoms with Crippen molar-refractivity contribution < 1.29 is 19.6 Å². The highest BCUT2D eigenvalue weighted by Crippen LogP contribution is 2.32. The lowest BCUT2D eigenvalue weighted by Gasteiger charge is -2.06. The van der Waals surface area contributed by atoms with Crippen molar-refractivity contribution in [2.24, 2.45) is 0 Å². The van der Waals surface area contributed by atoms with E-state index in [9.17, 15) is 14.9 Å². The topological polar surface area (TPSA) is 126 Å². The number of nitro groups is 1. The number of nitriles is 1. The highest BCUT2D eigenvalue weighted by molar-refractivity contribution is 5.88. The molecule has 0 saturated heterocycles. The van der Waals surface area contributed by atoms with Gasteiger partial charge in [-0.05, 0) is 18.2 Å². The number of nitrogens with zero attached hydrogens (tertiary/aromatic N) is 3. The minimum absolute atomic E-state index is 0.141. The van der Waals surface area contributed by atoms with Crippen molar-refractivity contribution in [2.75, 3.05) is 0 Å². The largest absolute Gasteiger partial charge is 0.478 e. The van der Waals surface area contributed by atoms with Gasteiger partial charge in [-0.3, -0.25) is 10.1 Å². The molecule has 0 aliphatic carbocycles. The minimum atomic E-state index is -1.23. The minimum Gasteiger partial charge on any atom is -0.478 e. The molecule has 104 valence electrons. The van der Waals surface area contributed by atoms with E-state index in [1.807, 2.05) is 6.07 Å². The molecule has 1 aromatic heterocycles. The Hall–Kier alpha value is -3.47. The van der Waals surface area contributed by atoms with E-state index in [0.717, 1.165) is 18.2 Å². The number of aromatic carboxylic acids is 1. The lowest BCUT2D eigenvalue weighted by Crippen LogP contribution is -2.00. The summed E-state index contributed by atoms with van der Waals surface area (Å²) in [7, 11) is 0. The molecule has 2 rings (SSSR count). The van der Waals surface area contributed by atoms with Crippen LogP contribution in [0.5, 0.6) is 11.5 Å². The van der Waals surface area contributed by atoms with E-state index in [2.05, 4.69) is 4.98 Å². The van der Waals surface area contributed by atoms with Crippen LogP contribution in [0.1, 0.15) is 16.1 Å². The number of carboxylic acid groups (broad SMARTS) is 1. The standard InChI is InChI=1S/C13H7N3O5/c14-6-9-2-3-10(7-15-9)21-12-5-8(13(17)18)1-4-11(12)16(19)20/h1-5,7H,(H,17,18). The van der Waals surface area contributed by atoms with Gasteiger partial charge in [-0.25, -0.2) is 9.78 Å². The van der Waals surface area contributed by atoms with Crippen LogP contribution in [0.25, 0.3) is 0 Å². The lowest BCUT2D eigenvalue weighted by atomic mass is 10.2. The van der Waals surface area contributed by atoms with Gasteiger partial charge in [0.1, 0.15) is 17.5 Å². The second-order valence-corrected chi connectivity index (χ2v) is 3.84. The van der Waals surface area contributed by atoms with Crippen molar-refractivity contribution in [2.45, 2.75) is 0 Å². The molecule has 0 radical (unpaired) electrons. The van der Waals surface area contributed by atoms with E-state index >= 15 is 0 Å². The zero-order chi connectivity index (χ0) is 15.4. The molecule has 2 aromatic rings. The first-order valence-electron chi connectivity index (χ1n) is 5.57. The first-order chi connectivity index (χ1) is 10.0. The molecule has 1 aromatic carbocycles. The number of benzene rings is 1. The number of ether oxygens (including phenoxy) is 1. The number of rotatable bonds is 4. The number of hydrogen-bond donors (Lipinski definition) is 1. The third kappa shape index (κ3) is 3.10. The Morgan fingerprint density at radius 1 is 1.38 bits per heavy atom. The molecule has 0 unspecified atom stereocenters. The van der Waals surface area contributed by atoms with Gasteiger partial charge in [0.2, 0.25) is 5.75 Å².